The summed E-state index contributed by atoms with van der Waals surface area (Å²) in [5.41, 5.74) is 1.59. The first-order valence-corrected chi connectivity index (χ1v) is 8.24. The average Bonchev–Trinajstić information content (AvgIpc) is 2.54. The van der Waals surface area contributed by atoms with Gasteiger partial charge in [-0.05, 0) is 30.5 Å². The number of aliphatic hydroxyl groups excluding tert-OH is 1. The van der Waals surface area contributed by atoms with E-state index in [4.69, 9.17) is 0 Å². The molecule has 126 valence electrons. The molecule has 0 aromatic heterocycles. The van der Waals surface area contributed by atoms with E-state index < -0.39 is 0 Å². The molecule has 2 N–H and O–H groups in total. The van der Waals surface area contributed by atoms with Crippen LogP contribution < -0.4 is 5.32 Å². The Bertz CT molecular complexity index is 542. The molecule has 1 saturated carbocycles. The molecule has 2 atom stereocenters. The zero-order valence-electron chi connectivity index (χ0n) is 13.9. The van der Waals surface area contributed by atoms with Crippen LogP contribution in [0.2, 0.25) is 0 Å². The highest BCUT2D eigenvalue weighted by molar-refractivity contribution is 5.94. The van der Waals surface area contributed by atoms with Crippen LogP contribution in [0.25, 0.3) is 0 Å². The van der Waals surface area contributed by atoms with E-state index in [9.17, 15) is 14.7 Å². The third-order valence-electron chi connectivity index (χ3n) is 4.47. The second-order valence-corrected chi connectivity index (χ2v) is 6.40. The lowest BCUT2D eigenvalue weighted by Gasteiger charge is -2.31. The van der Waals surface area contributed by atoms with Gasteiger partial charge in [0, 0.05) is 38.5 Å². The molecule has 2 amide bonds. The van der Waals surface area contributed by atoms with Crippen molar-refractivity contribution in [3.05, 3.63) is 35.4 Å². The van der Waals surface area contributed by atoms with E-state index in [1.54, 1.807) is 24.1 Å². The van der Waals surface area contributed by atoms with Crippen molar-refractivity contribution < 1.29 is 14.7 Å². The largest absolute Gasteiger partial charge is 0.393 e. The summed E-state index contributed by atoms with van der Waals surface area (Å²) in [4.78, 5) is 25.1. The number of rotatable bonds is 5. The molecule has 0 bridgehead atoms. The fourth-order valence-electron chi connectivity index (χ4n) is 3.05. The molecule has 1 aliphatic rings. The highest BCUT2D eigenvalue weighted by Gasteiger charge is 2.25. The fourth-order valence-corrected chi connectivity index (χ4v) is 3.05. The van der Waals surface area contributed by atoms with Crippen molar-refractivity contribution in [3.8, 4) is 0 Å². The predicted molar refractivity (Wildman–Crippen MR) is 88.9 cm³/mol. The van der Waals surface area contributed by atoms with Gasteiger partial charge in [-0.25, -0.2) is 0 Å². The Morgan fingerprint density at radius 1 is 1.22 bits per heavy atom. The molecule has 1 fully saturated rings. The van der Waals surface area contributed by atoms with Crippen LogP contribution in [-0.4, -0.2) is 41.5 Å². The molecule has 1 aliphatic carbocycles. The Labute approximate surface area is 137 Å². The van der Waals surface area contributed by atoms with Gasteiger partial charge in [-0.1, -0.05) is 25.0 Å². The minimum absolute atomic E-state index is 0.0335. The minimum Gasteiger partial charge on any atom is -0.393 e. The van der Waals surface area contributed by atoms with Gasteiger partial charge >= 0.3 is 0 Å². The standard InChI is InChI=1S/C18H26N2O3/c1-13(21)19-11-14-7-9-15(10-8-14)18(23)20(2)12-16-5-3-4-6-17(16)22/h7-10,16-17,22H,3-6,11-12H2,1-2H3,(H,19,21). The summed E-state index contributed by atoms with van der Waals surface area (Å²) in [6, 6.07) is 7.28. The van der Waals surface area contributed by atoms with Crippen LogP contribution in [0.1, 0.15) is 48.5 Å². The summed E-state index contributed by atoms with van der Waals surface area (Å²) in [5.74, 6) is 0.0708. The summed E-state index contributed by atoms with van der Waals surface area (Å²) in [7, 11) is 1.79. The maximum Gasteiger partial charge on any atom is 0.253 e. The fraction of sp³-hybridized carbons (Fsp3) is 0.556. The number of carbonyl (C=O) groups is 2. The third kappa shape index (κ3) is 5.06. The molecule has 0 radical (unpaired) electrons. The summed E-state index contributed by atoms with van der Waals surface area (Å²) in [6.07, 6.45) is 3.73. The second-order valence-electron chi connectivity index (χ2n) is 6.40. The van der Waals surface area contributed by atoms with Gasteiger partial charge in [0.15, 0.2) is 0 Å². The highest BCUT2D eigenvalue weighted by Crippen LogP contribution is 2.25. The number of benzene rings is 1. The van der Waals surface area contributed by atoms with Gasteiger partial charge in [-0.15, -0.1) is 0 Å². The number of nitrogens with one attached hydrogen (secondary N) is 1. The van der Waals surface area contributed by atoms with E-state index in [2.05, 4.69) is 5.32 Å². The van der Waals surface area contributed by atoms with Gasteiger partial charge in [-0.2, -0.15) is 0 Å². The van der Waals surface area contributed by atoms with E-state index >= 15 is 0 Å². The van der Waals surface area contributed by atoms with Crippen LogP contribution in [0.4, 0.5) is 0 Å². The maximum absolute atomic E-state index is 12.5. The summed E-state index contributed by atoms with van der Waals surface area (Å²) < 4.78 is 0. The van der Waals surface area contributed by atoms with Crippen LogP contribution in [0.15, 0.2) is 24.3 Å². The van der Waals surface area contributed by atoms with Crippen LogP contribution in [0.3, 0.4) is 0 Å². The predicted octanol–water partition coefficient (Wildman–Crippen LogP) is 1.95. The Balaban J connectivity index is 1.92. The molecule has 23 heavy (non-hydrogen) atoms. The maximum atomic E-state index is 12.5. The van der Waals surface area contributed by atoms with E-state index in [-0.39, 0.29) is 23.8 Å². The molecule has 2 rings (SSSR count). The van der Waals surface area contributed by atoms with Gasteiger partial charge in [0.05, 0.1) is 6.10 Å². The molecule has 2 unspecified atom stereocenters. The Morgan fingerprint density at radius 2 is 1.87 bits per heavy atom. The number of hydrogen-bond acceptors (Lipinski definition) is 3. The van der Waals surface area contributed by atoms with E-state index in [0.717, 1.165) is 31.2 Å². The van der Waals surface area contributed by atoms with Gasteiger partial charge in [0.25, 0.3) is 5.91 Å². The lowest BCUT2D eigenvalue weighted by Crippen LogP contribution is -2.38. The van der Waals surface area contributed by atoms with Crippen LogP contribution in [0, 0.1) is 5.92 Å². The smallest absolute Gasteiger partial charge is 0.253 e. The zero-order valence-corrected chi connectivity index (χ0v) is 13.9. The van der Waals surface area contributed by atoms with Gasteiger partial charge in [0.2, 0.25) is 5.91 Å². The van der Waals surface area contributed by atoms with Crippen molar-refractivity contribution in [1.29, 1.82) is 0 Å². The second kappa shape index (κ2) is 8.11. The first-order chi connectivity index (χ1) is 11.0. The monoisotopic (exact) mass is 318 g/mol. The number of hydrogen-bond donors (Lipinski definition) is 2. The molecule has 1 aromatic carbocycles. The molecule has 1 aromatic rings. The lowest BCUT2D eigenvalue weighted by atomic mass is 9.86. The quantitative estimate of drug-likeness (QED) is 0.872. The zero-order chi connectivity index (χ0) is 16.8. The normalized spacial score (nSPS) is 20.8. The van der Waals surface area contributed by atoms with Crippen LogP contribution in [-0.2, 0) is 11.3 Å². The number of amides is 2. The Kier molecular flexibility index (Phi) is 6.16. The summed E-state index contributed by atoms with van der Waals surface area (Å²) >= 11 is 0. The molecule has 5 nitrogen and oxygen atoms in total. The number of aliphatic hydroxyl groups is 1. The first-order valence-electron chi connectivity index (χ1n) is 8.24. The van der Waals surface area contributed by atoms with E-state index in [0.29, 0.717) is 18.7 Å². The SMILES string of the molecule is CC(=O)NCc1ccc(C(=O)N(C)CC2CCCCC2O)cc1. The Morgan fingerprint density at radius 3 is 2.48 bits per heavy atom. The number of nitrogens with zero attached hydrogens (tertiary/aromatic N) is 1. The average molecular weight is 318 g/mol. The first kappa shape index (κ1) is 17.5. The molecule has 0 saturated heterocycles. The highest BCUT2D eigenvalue weighted by atomic mass is 16.3. The van der Waals surface area contributed by atoms with Gasteiger partial charge < -0.3 is 15.3 Å². The number of carbonyl (C=O) groups excluding carboxylic acids is 2. The van der Waals surface area contributed by atoms with Crippen molar-refractivity contribution in [2.75, 3.05) is 13.6 Å². The van der Waals surface area contributed by atoms with Crippen molar-refractivity contribution in [2.45, 2.75) is 45.3 Å². The van der Waals surface area contributed by atoms with Crippen molar-refractivity contribution in [1.82, 2.24) is 10.2 Å². The van der Waals surface area contributed by atoms with Crippen molar-refractivity contribution in [2.24, 2.45) is 5.92 Å². The molecule has 5 heteroatoms. The van der Waals surface area contributed by atoms with Gasteiger partial charge in [0.1, 0.15) is 0 Å². The van der Waals surface area contributed by atoms with E-state index in [1.165, 1.54) is 6.92 Å². The molecule has 0 aliphatic heterocycles. The molecular weight excluding hydrogens is 292 g/mol. The van der Waals surface area contributed by atoms with E-state index in [1.807, 2.05) is 12.1 Å². The van der Waals surface area contributed by atoms with Crippen molar-refractivity contribution in [3.63, 3.8) is 0 Å². The minimum atomic E-state index is -0.293. The Hall–Kier alpha value is -1.88. The lowest BCUT2D eigenvalue weighted by molar-refractivity contribution is -0.119. The molecular formula is C18H26N2O3. The third-order valence-corrected chi connectivity index (χ3v) is 4.47. The van der Waals surface area contributed by atoms with Crippen LogP contribution >= 0.6 is 0 Å². The van der Waals surface area contributed by atoms with Crippen LogP contribution in [0.5, 0.6) is 0 Å². The topological polar surface area (TPSA) is 69.6 Å². The molecule has 0 heterocycles. The summed E-state index contributed by atoms with van der Waals surface area (Å²) in [5, 5.41) is 12.8. The molecule has 0 spiro atoms. The van der Waals surface area contributed by atoms with Crippen molar-refractivity contribution >= 4 is 11.8 Å². The van der Waals surface area contributed by atoms with Gasteiger partial charge in [-0.3, -0.25) is 9.59 Å². The summed E-state index contributed by atoms with van der Waals surface area (Å²) in [6.45, 7) is 2.54.